The van der Waals surface area contributed by atoms with Crippen LogP contribution in [-0.4, -0.2) is 22.6 Å². The van der Waals surface area contributed by atoms with Crippen molar-refractivity contribution in [1.82, 2.24) is 0 Å². The zero-order valence-electron chi connectivity index (χ0n) is 4.89. The van der Waals surface area contributed by atoms with E-state index in [1.807, 2.05) is 0 Å². The molecule has 3 N–H and O–H groups in total. The fourth-order valence-corrected chi connectivity index (χ4v) is 0.703. The molecule has 0 heterocycles. The maximum absolute atomic E-state index is 8.95. The largest absolute Gasteiger partial charge is 0.381 e. The maximum atomic E-state index is 8.95. The Labute approximate surface area is 53.0 Å². The normalized spacial score (nSPS) is 27.0. The molecular formula is C6H8N2O. The number of aliphatic hydroxyl groups is 1. The highest BCUT2D eigenvalue weighted by atomic mass is 16.3. The smallest absolute Gasteiger partial charge is 0.133 e. The van der Waals surface area contributed by atoms with Gasteiger partial charge in [0.15, 0.2) is 0 Å². The Bertz CT molecular complexity index is 183. The van der Waals surface area contributed by atoms with Crippen molar-refractivity contribution in [2.75, 3.05) is 0 Å². The van der Waals surface area contributed by atoms with Gasteiger partial charge in [-0.05, 0) is 6.08 Å². The van der Waals surface area contributed by atoms with E-state index in [1.54, 1.807) is 6.08 Å². The summed E-state index contributed by atoms with van der Waals surface area (Å²) < 4.78 is 0. The van der Waals surface area contributed by atoms with Crippen molar-refractivity contribution in [2.24, 2.45) is 0 Å². The highest BCUT2D eigenvalue weighted by molar-refractivity contribution is 6.14. The predicted octanol–water partition coefficient (Wildman–Crippen LogP) is 0.347. The second-order valence-electron chi connectivity index (χ2n) is 1.99. The Morgan fingerprint density at radius 2 is 2.22 bits per heavy atom. The molecule has 3 heteroatoms. The van der Waals surface area contributed by atoms with Crippen molar-refractivity contribution in [2.45, 2.75) is 12.5 Å². The quantitative estimate of drug-likeness (QED) is 0.428. The molecule has 0 bridgehead atoms. The van der Waals surface area contributed by atoms with Crippen LogP contribution in [0.3, 0.4) is 0 Å². The molecule has 3 nitrogen and oxygen atoms in total. The number of nitrogens with one attached hydrogen (secondary N) is 2. The van der Waals surface area contributed by atoms with E-state index in [0.29, 0.717) is 6.42 Å². The zero-order valence-corrected chi connectivity index (χ0v) is 4.89. The van der Waals surface area contributed by atoms with Gasteiger partial charge in [0, 0.05) is 12.1 Å². The summed E-state index contributed by atoms with van der Waals surface area (Å²) in [6.45, 7) is 0. The monoisotopic (exact) mass is 124 g/mol. The Hall–Kier alpha value is -0.960. The number of rotatable bonds is 0. The molecule has 0 saturated carbocycles. The lowest BCUT2D eigenvalue weighted by molar-refractivity contribution is 0.302. The summed E-state index contributed by atoms with van der Waals surface area (Å²) in [5.41, 5.74) is 0.328. The number of aliphatic hydroxyl groups excluding tert-OH is 1. The molecule has 0 aromatic heterocycles. The molecule has 1 rings (SSSR count). The fourth-order valence-electron chi connectivity index (χ4n) is 0.703. The third kappa shape index (κ3) is 1.05. The van der Waals surface area contributed by atoms with Crippen molar-refractivity contribution in [3.05, 3.63) is 12.2 Å². The average molecular weight is 124 g/mol. The standard InChI is InChI=1S/C6H8N2O/c7-4-2-1-3-5(8)6(4)9/h1-2,6-9H,3H2. The number of allylic oxidation sites excluding steroid dienone is 1. The predicted molar refractivity (Wildman–Crippen MR) is 35.2 cm³/mol. The van der Waals surface area contributed by atoms with Crippen molar-refractivity contribution in [3.63, 3.8) is 0 Å². The SMILES string of the molecule is N=C1C=CCC(=N)C1O. The summed E-state index contributed by atoms with van der Waals surface area (Å²) in [5.74, 6) is 0. The van der Waals surface area contributed by atoms with Gasteiger partial charge >= 0.3 is 0 Å². The van der Waals surface area contributed by atoms with E-state index in [2.05, 4.69) is 0 Å². The highest BCUT2D eigenvalue weighted by Crippen LogP contribution is 2.03. The number of hydrogen-bond donors (Lipinski definition) is 3. The molecule has 0 saturated heterocycles. The first-order valence-corrected chi connectivity index (χ1v) is 2.72. The molecule has 0 fully saturated rings. The van der Waals surface area contributed by atoms with Gasteiger partial charge in [0.05, 0.1) is 5.71 Å². The van der Waals surface area contributed by atoms with Gasteiger partial charge < -0.3 is 15.9 Å². The van der Waals surface area contributed by atoms with Gasteiger partial charge in [-0.3, -0.25) is 0 Å². The third-order valence-corrected chi connectivity index (χ3v) is 1.26. The second-order valence-corrected chi connectivity index (χ2v) is 1.99. The van der Waals surface area contributed by atoms with Crippen molar-refractivity contribution in [3.8, 4) is 0 Å². The van der Waals surface area contributed by atoms with Gasteiger partial charge in [0.2, 0.25) is 0 Å². The lowest BCUT2D eigenvalue weighted by Gasteiger charge is -2.12. The molecule has 1 unspecified atom stereocenters. The van der Waals surface area contributed by atoms with Crippen LogP contribution in [0.5, 0.6) is 0 Å². The molecule has 48 valence electrons. The molecule has 0 amide bonds. The van der Waals surface area contributed by atoms with E-state index in [1.165, 1.54) is 6.08 Å². The van der Waals surface area contributed by atoms with Crippen molar-refractivity contribution < 1.29 is 5.11 Å². The molecule has 0 aromatic carbocycles. The van der Waals surface area contributed by atoms with Crippen LogP contribution in [0.1, 0.15) is 6.42 Å². The minimum atomic E-state index is -0.949. The summed E-state index contributed by atoms with van der Waals surface area (Å²) in [6.07, 6.45) is 2.76. The molecule has 1 aliphatic rings. The van der Waals surface area contributed by atoms with Crippen molar-refractivity contribution in [1.29, 1.82) is 10.8 Å². The first kappa shape index (κ1) is 6.16. The minimum Gasteiger partial charge on any atom is -0.381 e. The van der Waals surface area contributed by atoms with Gasteiger partial charge in [-0.15, -0.1) is 0 Å². The third-order valence-electron chi connectivity index (χ3n) is 1.26. The Kier molecular flexibility index (Phi) is 1.44. The van der Waals surface area contributed by atoms with Crippen molar-refractivity contribution >= 4 is 11.4 Å². The summed E-state index contributed by atoms with van der Waals surface area (Å²) in [7, 11) is 0. The van der Waals surface area contributed by atoms with Gasteiger partial charge in [0.1, 0.15) is 6.10 Å². The summed E-state index contributed by atoms with van der Waals surface area (Å²) in [5, 5.41) is 23.1. The molecular weight excluding hydrogens is 116 g/mol. The van der Waals surface area contributed by atoms with Crippen LogP contribution in [0.25, 0.3) is 0 Å². The van der Waals surface area contributed by atoms with E-state index in [9.17, 15) is 0 Å². The van der Waals surface area contributed by atoms with Crippen LogP contribution in [0, 0.1) is 10.8 Å². The zero-order chi connectivity index (χ0) is 6.85. The van der Waals surface area contributed by atoms with Crippen LogP contribution in [0.4, 0.5) is 0 Å². The highest BCUT2D eigenvalue weighted by Gasteiger charge is 2.16. The van der Waals surface area contributed by atoms with E-state index in [-0.39, 0.29) is 11.4 Å². The first-order chi connectivity index (χ1) is 4.22. The van der Waals surface area contributed by atoms with Crippen LogP contribution in [-0.2, 0) is 0 Å². The van der Waals surface area contributed by atoms with Crippen LogP contribution in [0.15, 0.2) is 12.2 Å². The topological polar surface area (TPSA) is 67.9 Å². The molecule has 0 radical (unpaired) electrons. The fraction of sp³-hybridized carbons (Fsp3) is 0.333. The molecule has 0 spiro atoms. The summed E-state index contributed by atoms with van der Waals surface area (Å²) >= 11 is 0. The van der Waals surface area contributed by atoms with E-state index in [4.69, 9.17) is 15.9 Å². The average Bonchev–Trinajstić information content (AvgIpc) is 1.83. The Balaban J connectivity index is 2.81. The summed E-state index contributed by atoms with van der Waals surface area (Å²) in [6, 6.07) is 0. The van der Waals surface area contributed by atoms with E-state index >= 15 is 0 Å². The number of hydrogen-bond acceptors (Lipinski definition) is 3. The van der Waals surface area contributed by atoms with Gasteiger partial charge in [-0.25, -0.2) is 0 Å². The molecule has 0 aromatic rings. The lowest BCUT2D eigenvalue weighted by Crippen LogP contribution is -2.29. The van der Waals surface area contributed by atoms with Gasteiger partial charge in [-0.1, -0.05) is 6.08 Å². The van der Waals surface area contributed by atoms with Crippen LogP contribution >= 0.6 is 0 Å². The van der Waals surface area contributed by atoms with E-state index in [0.717, 1.165) is 0 Å². The Morgan fingerprint density at radius 3 is 2.67 bits per heavy atom. The Morgan fingerprint density at radius 1 is 1.56 bits per heavy atom. The lowest BCUT2D eigenvalue weighted by atomic mass is 10.0. The second kappa shape index (κ2) is 2.11. The first-order valence-electron chi connectivity index (χ1n) is 2.72. The maximum Gasteiger partial charge on any atom is 0.133 e. The van der Waals surface area contributed by atoms with Crippen LogP contribution < -0.4 is 0 Å². The van der Waals surface area contributed by atoms with Crippen LogP contribution in [0.2, 0.25) is 0 Å². The molecule has 9 heavy (non-hydrogen) atoms. The molecule has 0 aliphatic heterocycles. The van der Waals surface area contributed by atoms with Gasteiger partial charge in [0.25, 0.3) is 0 Å². The minimum absolute atomic E-state index is 0.117. The molecule has 1 aliphatic carbocycles. The van der Waals surface area contributed by atoms with E-state index < -0.39 is 6.10 Å². The summed E-state index contributed by atoms with van der Waals surface area (Å²) in [4.78, 5) is 0. The molecule has 1 atom stereocenters. The van der Waals surface area contributed by atoms with Gasteiger partial charge in [-0.2, -0.15) is 0 Å².